The first-order valence-corrected chi connectivity index (χ1v) is 4.22. The molecule has 0 unspecified atom stereocenters. The maximum absolute atomic E-state index is 13.0. The molecule has 1 aromatic carbocycles. The molecule has 1 rings (SSSR count). The summed E-state index contributed by atoms with van der Waals surface area (Å²) in [6.45, 7) is 6.92. The molecule has 1 aromatic rings. The highest BCUT2D eigenvalue weighted by atomic mass is 19.1. The highest BCUT2D eigenvalue weighted by Gasteiger charge is 2.15. The van der Waals surface area contributed by atoms with Gasteiger partial charge in [0.25, 0.3) is 0 Å². The van der Waals surface area contributed by atoms with Crippen LogP contribution in [0.3, 0.4) is 0 Å². The maximum Gasteiger partial charge on any atom is 0.123 e. The predicted molar refractivity (Wildman–Crippen MR) is 50.4 cm³/mol. The normalized spacial score (nSPS) is 11.8. The van der Waals surface area contributed by atoms with E-state index >= 15 is 0 Å². The van der Waals surface area contributed by atoms with E-state index in [9.17, 15) is 4.39 Å². The van der Waals surface area contributed by atoms with E-state index in [0.29, 0.717) is 5.56 Å². The number of hydrogen-bond acceptors (Lipinski definition) is 1. The minimum absolute atomic E-state index is 0.0974. The largest absolute Gasteiger partial charge is 0.385 e. The van der Waals surface area contributed by atoms with Crippen LogP contribution in [0, 0.1) is 12.4 Å². The Kier molecular flexibility index (Phi) is 2.71. The molecule has 0 aliphatic heterocycles. The lowest BCUT2D eigenvalue weighted by molar-refractivity contribution is 0.413. The molecule has 1 nitrogen and oxygen atoms in total. The fourth-order valence-electron chi connectivity index (χ4n) is 1.12. The number of aliphatic hydroxyl groups is 1. The van der Waals surface area contributed by atoms with Crippen molar-refractivity contribution in [1.29, 1.82) is 0 Å². The first-order valence-electron chi connectivity index (χ1n) is 4.22. The Bertz CT molecular complexity index is 299. The van der Waals surface area contributed by atoms with Crippen molar-refractivity contribution < 1.29 is 9.50 Å². The number of aliphatic hydroxyl groups excluding tert-OH is 1. The average molecular weight is 181 g/mol. The van der Waals surface area contributed by atoms with E-state index in [0.717, 1.165) is 12.2 Å². The van der Waals surface area contributed by atoms with E-state index in [-0.39, 0.29) is 11.2 Å². The van der Waals surface area contributed by atoms with Crippen LogP contribution >= 0.6 is 0 Å². The van der Waals surface area contributed by atoms with Crippen LogP contribution in [0.5, 0.6) is 0 Å². The zero-order valence-corrected chi connectivity index (χ0v) is 8.13. The molecule has 0 aromatic heterocycles. The van der Waals surface area contributed by atoms with Gasteiger partial charge in [-0.2, -0.15) is 0 Å². The third-order valence-electron chi connectivity index (χ3n) is 1.94. The number of rotatable bonds is 1. The molecule has 13 heavy (non-hydrogen) atoms. The first-order chi connectivity index (χ1) is 5.93. The molecule has 0 bridgehead atoms. The lowest BCUT2D eigenvalue weighted by Crippen LogP contribution is -2.11. The van der Waals surface area contributed by atoms with Gasteiger partial charge in [-0.05, 0) is 28.7 Å². The summed E-state index contributed by atoms with van der Waals surface area (Å²) in [6, 6.07) is 4.57. The maximum atomic E-state index is 13.0. The van der Waals surface area contributed by atoms with E-state index < -0.39 is 0 Å². The molecule has 0 fully saturated rings. The Labute approximate surface area is 78.2 Å². The van der Waals surface area contributed by atoms with Crippen molar-refractivity contribution in [2.75, 3.05) is 0 Å². The molecule has 0 heterocycles. The lowest BCUT2D eigenvalue weighted by atomic mass is 9.86. The minimum atomic E-state index is -0.312. The van der Waals surface area contributed by atoms with Crippen molar-refractivity contribution in [2.45, 2.75) is 26.2 Å². The quantitative estimate of drug-likeness (QED) is 0.706. The van der Waals surface area contributed by atoms with Gasteiger partial charge in [-0.15, -0.1) is 0 Å². The van der Waals surface area contributed by atoms with Gasteiger partial charge in [0.2, 0.25) is 0 Å². The Morgan fingerprint density at radius 1 is 1.23 bits per heavy atom. The molecular formula is C11H14FO. The van der Waals surface area contributed by atoms with Gasteiger partial charge in [-0.1, -0.05) is 26.8 Å². The topological polar surface area (TPSA) is 20.2 Å². The van der Waals surface area contributed by atoms with E-state index in [2.05, 4.69) is 0 Å². The first kappa shape index (κ1) is 10.2. The number of hydrogen-bond donors (Lipinski definition) is 1. The van der Waals surface area contributed by atoms with Crippen LogP contribution in [0.1, 0.15) is 31.9 Å². The summed E-state index contributed by atoms with van der Waals surface area (Å²) in [7, 11) is 0. The van der Waals surface area contributed by atoms with Crippen LogP contribution in [0.15, 0.2) is 18.2 Å². The van der Waals surface area contributed by atoms with E-state index in [1.54, 1.807) is 6.07 Å². The Morgan fingerprint density at radius 2 is 1.85 bits per heavy atom. The third-order valence-corrected chi connectivity index (χ3v) is 1.94. The minimum Gasteiger partial charge on any atom is -0.385 e. The fourth-order valence-corrected chi connectivity index (χ4v) is 1.12. The van der Waals surface area contributed by atoms with Crippen LogP contribution in [-0.2, 0) is 5.41 Å². The van der Waals surface area contributed by atoms with Gasteiger partial charge in [0, 0.05) is 0 Å². The Balaban J connectivity index is 3.16. The lowest BCUT2D eigenvalue weighted by Gasteiger charge is -2.19. The van der Waals surface area contributed by atoms with Crippen LogP contribution in [0.2, 0.25) is 0 Å². The molecular weight excluding hydrogens is 167 g/mol. The van der Waals surface area contributed by atoms with Crippen molar-refractivity contribution in [1.82, 2.24) is 0 Å². The molecule has 0 aliphatic carbocycles. The van der Waals surface area contributed by atoms with Gasteiger partial charge in [-0.25, -0.2) is 4.39 Å². The number of halogens is 1. The van der Waals surface area contributed by atoms with Gasteiger partial charge in [0.05, 0.1) is 0 Å². The monoisotopic (exact) mass is 181 g/mol. The second kappa shape index (κ2) is 3.46. The summed E-state index contributed by atoms with van der Waals surface area (Å²) in [5.41, 5.74) is 1.29. The summed E-state index contributed by atoms with van der Waals surface area (Å²) >= 11 is 0. The van der Waals surface area contributed by atoms with Gasteiger partial charge < -0.3 is 5.11 Å². The van der Waals surface area contributed by atoms with Gasteiger partial charge >= 0.3 is 0 Å². The highest BCUT2D eigenvalue weighted by molar-refractivity contribution is 5.31. The second-order valence-electron chi connectivity index (χ2n) is 4.15. The molecule has 0 saturated carbocycles. The van der Waals surface area contributed by atoms with Gasteiger partial charge in [0.1, 0.15) is 12.4 Å². The summed E-state index contributed by atoms with van der Waals surface area (Å²) in [5, 5.41) is 8.76. The zero-order valence-electron chi connectivity index (χ0n) is 8.13. The molecule has 0 amide bonds. The molecule has 0 spiro atoms. The summed E-state index contributed by atoms with van der Waals surface area (Å²) in [4.78, 5) is 0. The van der Waals surface area contributed by atoms with Crippen molar-refractivity contribution in [2.24, 2.45) is 0 Å². The van der Waals surface area contributed by atoms with Crippen molar-refractivity contribution >= 4 is 0 Å². The van der Waals surface area contributed by atoms with Crippen LogP contribution < -0.4 is 0 Å². The molecule has 1 radical (unpaired) electrons. The smallest absolute Gasteiger partial charge is 0.123 e. The molecule has 0 atom stereocenters. The zero-order chi connectivity index (χ0) is 10.1. The Hall–Kier alpha value is -0.890. The average Bonchev–Trinajstić information content (AvgIpc) is 2.01. The summed E-state index contributed by atoms with van der Waals surface area (Å²) in [5.74, 6) is -0.312. The van der Waals surface area contributed by atoms with Gasteiger partial charge in [-0.3, -0.25) is 0 Å². The molecule has 0 aliphatic rings. The van der Waals surface area contributed by atoms with Crippen molar-refractivity contribution in [3.8, 4) is 0 Å². The van der Waals surface area contributed by atoms with Crippen molar-refractivity contribution in [3.63, 3.8) is 0 Å². The SMILES string of the molecule is CC(C)(C)c1cc(F)cc([CH]O)c1. The number of benzene rings is 1. The molecule has 0 saturated heterocycles. The fraction of sp³-hybridized carbons (Fsp3) is 0.364. The van der Waals surface area contributed by atoms with E-state index in [1.165, 1.54) is 12.1 Å². The Morgan fingerprint density at radius 3 is 2.31 bits per heavy atom. The molecule has 71 valence electrons. The van der Waals surface area contributed by atoms with Crippen LogP contribution in [0.25, 0.3) is 0 Å². The van der Waals surface area contributed by atoms with Crippen LogP contribution in [0.4, 0.5) is 4.39 Å². The van der Waals surface area contributed by atoms with Gasteiger partial charge in [0.15, 0.2) is 0 Å². The predicted octanol–water partition coefficient (Wildman–Crippen LogP) is 3.01. The van der Waals surface area contributed by atoms with E-state index in [4.69, 9.17) is 5.11 Å². The third kappa shape index (κ3) is 2.52. The van der Waals surface area contributed by atoms with E-state index in [1.807, 2.05) is 20.8 Å². The standard InChI is InChI=1S/C11H14FO/c1-11(2,3)9-4-8(7-13)5-10(12)6-9/h4-7,13H,1-3H3. The van der Waals surface area contributed by atoms with Crippen LogP contribution in [-0.4, -0.2) is 5.11 Å². The second-order valence-corrected chi connectivity index (χ2v) is 4.15. The van der Waals surface area contributed by atoms with Crippen molar-refractivity contribution in [3.05, 3.63) is 41.8 Å². The molecule has 1 N–H and O–H groups in total. The summed E-state index contributed by atoms with van der Waals surface area (Å²) < 4.78 is 13.0. The molecule has 2 heteroatoms. The summed E-state index contributed by atoms with van der Waals surface area (Å²) in [6.07, 6.45) is 0. The highest BCUT2D eigenvalue weighted by Crippen LogP contribution is 2.24.